The van der Waals surface area contributed by atoms with E-state index in [2.05, 4.69) is 20.6 Å². The van der Waals surface area contributed by atoms with Gasteiger partial charge in [0.15, 0.2) is 0 Å². The van der Waals surface area contributed by atoms with Crippen LogP contribution in [0.15, 0.2) is 30.5 Å². The lowest BCUT2D eigenvalue weighted by atomic mass is 9.78. The van der Waals surface area contributed by atoms with Crippen molar-refractivity contribution < 1.29 is 24.4 Å². The lowest BCUT2D eigenvalue weighted by molar-refractivity contribution is -0.384. The Balaban J connectivity index is 1.57. The lowest BCUT2D eigenvalue weighted by Crippen LogP contribution is -2.44. The third-order valence-electron chi connectivity index (χ3n) is 6.23. The van der Waals surface area contributed by atoms with Gasteiger partial charge in [0, 0.05) is 13.1 Å². The molecule has 5 N–H and O–H groups in total. The van der Waals surface area contributed by atoms with Gasteiger partial charge in [-0.1, -0.05) is 12.1 Å². The molecule has 1 heterocycles. The highest BCUT2D eigenvalue weighted by atomic mass is 16.6. The number of benzene rings is 1. The van der Waals surface area contributed by atoms with Crippen molar-refractivity contribution in [1.29, 1.82) is 0 Å². The SMILES string of the molecule is CC(C)(C)OC(=O)C(N)C1CCC(CNc2nc(NCc3cccc(C(=O)O)c3)ncc2[N+](=O)[O-])CC1. The second kappa shape index (κ2) is 12.0. The van der Waals surface area contributed by atoms with Crippen LogP contribution in [0.2, 0.25) is 0 Å². The molecule has 3 rings (SSSR count). The fraction of sp³-hybridized carbons (Fsp3) is 0.520. The molecule has 0 spiro atoms. The number of carboxylic acid groups (broad SMARTS) is 1. The third kappa shape index (κ3) is 8.10. The molecule has 12 heteroatoms. The van der Waals surface area contributed by atoms with Crippen LogP contribution in [-0.4, -0.2) is 50.1 Å². The molecule has 1 atom stereocenters. The van der Waals surface area contributed by atoms with E-state index in [0.29, 0.717) is 12.1 Å². The summed E-state index contributed by atoms with van der Waals surface area (Å²) in [6.45, 7) is 6.16. The van der Waals surface area contributed by atoms with E-state index in [-0.39, 0.29) is 47.4 Å². The van der Waals surface area contributed by atoms with E-state index in [9.17, 15) is 19.7 Å². The van der Waals surface area contributed by atoms with Gasteiger partial charge in [-0.25, -0.2) is 9.78 Å². The molecule has 0 radical (unpaired) electrons. The van der Waals surface area contributed by atoms with Gasteiger partial charge in [-0.15, -0.1) is 0 Å². The number of hydrogen-bond donors (Lipinski definition) is 4. The number of ether oxygens (including phenoxy) is 1. The number of hydrogen-bond acceptors (Lipinski definition) is 10. The number of carbonyl (C=O) groups is 2. The van der Waals surface area contributed by atoms with E-state index in [4.69, 9.17) is 15.6 Å². The number of nitro groups is 1. The molecule has 0 bridgehead atoms. The summed E-state index contributed by atoms with van der Waals surface area (Å²) < 4.78 is 5.41. The molecule has 1 unspecified atom stereocenters. The van der Waals surface area contributed by atoms with Gasteiger partial charge in [-0.2, -0.15) is 4.98 Å². The van der Waals surface area contributed by atoms with Crippen molar-refractivity contribution >= 4 is 29.4 Å². The van der Waals surface area contributed by atoms with Crippen molar-refractivity contribution in [2.75, 3.05) is 17.2 Å². The van der Waals surface area contributed by atoms with Gasteiger partial charge >= 0.3 is 17.6 Å². The van der Waals surface area contributed by atoms with E-state index in [1.54, 1.807) is 12.1 Å². The van der Waals surface area contributed by atoms with Crippen molar-refractivity contribution in [2.45, 2.75) is 64.6 Å². The first-order valence-corrected chi connectivity index (χ1v) is 12.2. The zero-order valence-electron chi connectivity index (χ0n) is 21.3. The number of nitrogens with zero attached hydrogens (tertiary/aromatic N) is 3. The van der Waals surface area contributed by atoms with Crippen LogP contribution in [0.25, 0.3) is 0 Å². The molecular weight excluding hydrogens is 480 g/mol. The largest absolute Gasteiger partial charge is 0.478 e. The molecule has 1 aliphatic rings. The number of aromatic carboxylic acids is 1. The summed E-state index contributed by atoms with van der Waals surface area (Å²) in [5, 5.41) is 26.7. The topological polar surface area (TPSA) is 183 Å². The number of nitrogens with one attached hydrogen (secondary N) is 2. The minimum absolute atomic E-state index is 0.0370. The molecule has 37 heavy (non-hydrogen) atoms. The number of carboxylic acids is 1. The number of carbonyl (C=O) groups excluding carboxylic acids is 1. The van der Waals surface area contributed by atoms with Crippen LogP contribution in [0.3, 0.4) is 0 Å². The van der Waals surface area contributed by atoms with Crippen LogP contribution < -0.4 is 16.4 Å². The molecule has 1 fully saturated rings. The number of esters is 1. The summed E-state index contributed by atoms with van der Waals surface area (Å²) in [6.07, 6.45) is 4.31. The Morgan fingerprint density at radius 1 is 1.24 bits per heavy atom. The smallest absolute Gasteiger partial charge is 0.335 e. The molecule has 0 aliphatic heterocycles. The van der Waals surface area contributed by atoms with Gasteiger partial charge in [0.25, 0.3) is 0 Å². The number of rotatable bonds is 10. The highest BCUT2D eigenvalue weighted by Crippen LogP contribution is 2.32. The molecular formula is C25H34N6O6. The second-order valence-electron chi connectivity index (χ2n) is 10.3. The first-order chi connectivity index (χ1) is 17.4. The van der Waals surface area contributed by atoms with E-state index in [1.165, 1.54) is 12.1 Å². The summed E-state index contributed by atoms with van der Waals surface area (Å²) >= 11 is 0. The van der Waals surface area contributed by atoms with Crippen LogP contribution in [0, 0.1) is 22.0 Å². The summed E-state index contributed by atoms with van der Waals surface area (Å²) in [5.74, 6) is -0.849. The van der Waals surface area contributed by atoms with E-state index in [1.807, 2.05) is 20.8 Å². The fourth-order valence-corrected chi connectivity index (χ4v) is 4.27. The van der Waals surface area contributed by atoms with Crippen molar-refractivity contribution in [3.05, 3.63) is 51.7 Å². The first-order valence-electron chi connectivity index (χ1n) is 12.2. The molecule has 0 saturated heterocycles. The number of nitrogens with two attached hydrogens (primary N) is 1. The molecule has 1 aliphatic carbocycles. The maximum absolute atomic E-state index is 12.3. The van der Waals surface area contributed by atoms with Crippen LogP contribution in [0.5, 0.6) is 0 Å². The standard InChI is InChI=1S/C25H34N6O6/c1-25(2,3)37-23(34)20(26)17-9-7-15(8-10-17)12-27-21-19(31(35)36)14-29-24(30-21)28-13-16-5-4-6-18(11-16)22(32)33/h4-6,11,14-15,17,20H,7-10,12-13,26H2,1-3H3,(H,32,33)(H2,27,28,29,30). The van der Waals surface area contributed by atoms with Gasteiger partial charge in [0.05, 0.1) is 10.5 Å². The van der Waals surface area contributed by atoms with Gasteiger partial charge in [-0.05, 0) is 76.0 Å². The Morgan fingerprint density at radius 2 is 1.95 bits per heavy atom. The lowest BCUT2D eigenvalue weighted by Gasteiger charge is -2.32. The Hall–Kier alpha value is -3.80. The monoisotopic (exact) mass is 514 g/mol. The molecule has 2 aromatic rings. The van der Waals surface area contributed by atoms with Crippen molar-refractivity contribution in [1.82, 2.24) is 9.97 Å². The first kappa shape index (κ1) is 27.8. The zero-order chi connectivity index (χ0) is 27.2. The van der Waals surface area contributed by atoms with Crippen LogP contribution in [0.1, 0.15) is 62.4 Å². The molecule has 0 amide bonds. The van der Waals surface area contributed by atoms with Crippen LogP contribution in [-0.2, 0) is 16.1 Å². The predicted octanol–water partition coefficient (Wildman–Crippen LogP) is 3.58. The van der Waals surface area contributed by atoms with E-state index < -0.39 is 22.5 Å². The Kier molecular flexibility index (Phi) is 8.98. The van der Waals surface area contributed by atoms with Crippen molar-refractivity contribution in [3.8, 4) is 0 Å². The van der Waals surface area contributed by atoms with Crippen LogP contribution in [0.4, 0.5) is 17.5 Å². The number of anilines is 2. The minimum atomic E-state index is -1.03. The van der Waals surface area contributed by atoms with Gasteiger partial charge in [0.2, 0.25) is 11.8 Å². The number of aromatic nitrogens is 2. The molecule has 12 nitrogen and oxygen atoms in total. The van der Waals surface area contributed by atoms with Crippen molar-refractivity contribution in [3.63, 3.8) is 0 Å². The van der Waals surface area contributed by atoms with Crippen LogP contribution >= 0.6 is 0 Å². The summed E-state index contributed by atoms with van der Waals surface area (Å²) in [4.78, 5) is 42.7. The maximum atomic E-state index is 12.3. The quantitative estimate of drug-likeness (QED) is 0.206. The minimum Gasteiger partial charge on any atom is -0.478 e. The highest BCUT2D eigenvalue weighted by Gasteiger charge is 2.32. The Labute approximate surface area is 215 Å². The summed E-state index contributed by atoms with van der Waals surface area (Å²) in [6, 6.07) is 5.76. The third-order valence-corrected chi connectivity index (χ3v) is 6.23. The summed E-state index contributed by atoms with van der Waals surface area (Å²) in [5.41, 5.74) is 6.20. The average Bonchev–Trinajstić information content (AvgIpc) is 2.85. The molecule has 200 valence electrons. The molecule has 1 aromatic carbocycles. The van der Waals surface area contributed by atoms with E-state index in [0.717, 1.165) is 31.9 Å². The van der Waals surface area contributed by atoms with Gasteiger partial charge in [-0.3, -0.25) is 14.9 Å². The average molecular weight is 515 g/mol. The predicted molar refractivity (Wildman–Crippen MR) is 137 cm³/mol. The zero-order valence-corrected chi connectivity index (χ0v) is 21.3. The van der Waals surface area contributed by atoms with Gasteiger partial charge in [0.1, 0.15) is 17.8 Å². The van der Waals surface area contributed by atoms with E-state index >= 15 is 0 Å². The normalized spacial score (nSPS) is 18.5. The van der Waals surface area contributed by atoms with Gasteiger partial charge < -0.3 is 26.2 Å². The van der Waals surface area contributed by atoms with Crippen molar-refractivity contribution in [2.24, 2.45) is 17.6 Å². The fourth-order valence-electron chi connectivity index (χ4n) is 4.27. The molecule has 1 aromatic heterocycles. The Bertz CT molecular complexity index is 1130. The summed E-state index contributed by atoms with van der Waals surface area (Å²) in [7, 11) is 0. The Morgan fingerprint density at radius 3 is 2.57 bits per heavy atom. The second-order valence-corrected chi connectivity index (χ2v) is 10.3. The highest BCUT2D eigenvalue weighted by molar-refractivity contribution is 5.87. The molecule has 1 saturated carbocycles. The maximum Gasteiger partial charge on any atom is 0.335 e.